The molecule has 0 aliphatic carbocycles. The second-order valence-corrected chi connectivity index (χ2v) is 6.55. The summed E-state index contributed by atoms with van der Waals surface area (Å²) in [5.74, 6) is -0.520. The van der Waals surface area contributed by atoms with Crippen LogP contribution < -0.4 is 5.32 Å². The van der Waals surface area contributed by atoms with E-state index in [-0.39, 0.29) is 35.9 Å². The number of thioether (sulfide) groups is 1. The molecule has 0 radical (unpaired) electrons. The monoisotopic (exact) mass is 348 g/mol. The Kier molecular flexibility index (Phi) is 4.63. The number of nitrogens with zero attached hydrogens (tertiary/aromatic N) is 1. The third-order valence-electron chi connectivity index (χ3n) is 3.06. The number of carbonyl (C=O) groups is 3. The molecule has 2 aromatic rings. The molecular weight excluding hydrogens is 336 g/mol. The zero-order valence-electron chi connectivity index (χ0n) is 11.9. The van der Waals surface area contributed by atoms with Gasteiger partial charge in [0.15, 0.2) is 5.76 Å². The summed E-state index contributed by atoms with van der Waals surface area (Å²) in [6, 6.07) is 6.91. The highest BCUT2D eigenvalue weighted by Crippen LogP contribution is 2.32. The summed E-state index contributed by atoms with van der Waals surface area (Å²) in [4.78, 5) is 38.3. The Labute approximate surface area is 140 Å². The van der Waals surface area contributed by atoms with E-state index in [4.69, 9.17) is 4.42 Å². The van der Waals surface area contributed by atoms with E-state index in [0.717, 1.165) is 21.5 Å². The minimum absolute atomic E-state index is 0.124. The summed E-state index contributed by atoms with van der Waals surface area (Å²) in [7, 11) is 0. The molecule has 3 heterocycles. The number of hydrogen-bond acceptors (Lipinski definition) is 6. The fourth-order valence-electron chi connectivity index (χ4n) is 1.97. The number of nitrogens with one attached hydrogen (secondary N) is 1. The number of hydrogen-bond donors (Lipinski definition) is 1. The Morgan fingerprint density at radius 3 is 2.87 bits per heavy atom. The Balaban J connectivity index is 1.57. The third-order valence-corrected chi connectivity index (χ3v) is 4.78. The van der Waals surface area contributed by atoms with Gasteiger partial charge in [-0.15, -0.1) is 11.3 Å². The Morgan fingerprint density at radius 2 is 2.17 bits per heavy atom. The van der Waals surface area contributed by atoms with Crippen LogP contribution in [0.15, 0.2) is 45.2 Å². The molecule has 3 amide bonds. The van der Waals surface area contributed by atoms with Crippen molar-refractivity contribution in [2.24, 2.45) is 0 Å². The van der Waals surface area contributed by atoms with Crippen LogP contribution in [-0.4, -0.2) is 35.0 Å². The van der Waals surface area contributed by atoms with E-state index >= 15 is 0 Å². The Morgan fingerprint density at radius 1 is 1.30 bits per heavy atom. The van der Waals surface area contributed by atoms with Gasteiger partial charge in [0.2, 0.25) is 0 Å². The van der Waals surface area contributed by atoms with Gasteiger partial charge >= 0.3 is 0 Å². The van der Waals surface area contributed by atoms with E-state index in [1.54, 1.807) is 18.2 Å². The molecular formula is C15H12N2O4S2. The lowest BCUT2D eigenvalue weighted by Gasteiger charge is -2.12. The first kappa shape index (κ1) is 15.6. The molecule has 0 aromatic carbocycles. The van der Waals surface area contributed by atoms with Crippen LogP contribution >= 0.6 is 23.1 Å². The second-order valence-electron chi connectivity index (χ2n) is 4.58. The summed E-state index contributed by atoms with van der Waals surface area (Å²) in [5, 5.41) is 4.18. The molecule has 1 fully saturated rings. The van der Waals surface area contributed by atoms with Crippen molar-refractivity contribution in [3.63, 3.8) is 0 Å². The number of imide groups is 1. The average Bonchev–Trinajstić information content (AvgIpc) is 3.26. The first-order valence-corrected chi connectivity index (χ1v) is 8.45. The van der Waals surface area contributed by atoms with Crippen LogP contribution in [0.3, 0.4) is 0 Å². The summed E-state index contributed by atoms with van der Waals surface area (Å²) < 4.78 is 4.96. The van der Waals surface area contributed by atoms with Crippen molar-refractivity contribution in [3.8, 4) is 0 Å². The lowest BCUT2D eigenvalue weighted by molar-refractivity contribution is -0.122. The summed E-state index contributed by atoms with van der Waals surface area (Å²) in [6.45, 7) is 0.294. The number of carbonyl (C=O) groups excluding carboxylic acids is 3. The van der Waals surface area contributed by atoms with Crippen molar-refractivity contribution in [3.05, 3.63) is 51.5 Å². The second kappa shape index (κ2) is 6.84. The van der Waals surface area contributed by atoms with E-state index in [9.17, 15) is 14.4 Å². The van der Waals surface area contributed by atoms with Crippen LogP contribution in [0.5, 0.6) is 0 Å². The van der Waals surface area contributed by atoms with Crippen molar-refractivity contribution < 1.29 is 18.8 Å². The van der Waals surface area contributed by atoms with E-state index < -0.39 is 0 Å². The fraction of sp³-hybridized carbons (Fsp3) is 0.133. The number of amides is 3. The molecule has 0 bridgehead atoms. The van der Waals surface area contributed by atoms with Crippen molar-refractivity contribution in [1.82, 2.24) is 10.2 Å². The zero-order valence-corrected chi connectivity index (χ0v) is 13.5. The van der Waals surface area contributed by atoms with Crippen LogP contribution in [0.1, 0.15) is 15.4 Å². The van der Waals surface area contributed by atoms with Crippen LogP contribution in [-0.2, 0) is 4.79 Å². The van der Waals surface area contributed by atoms with Gasteiger partial charge < -0.3 is 9.73 Å². The first-order valence-electron chi connectivity index (χ1n) is 6.76. The summed E-state index contributed by atoms with van der Waals surface area (Å²) in [5.41, 5.74) is 0. The molecule has 2 aromatic heterocycles. The SMILES string of the molecule is O=C(NCCN1C(=O)S/C(=C\c2cccs2)C1=O)c1ccco1. The molecule has 1 saturated heterocycles. The van der Waals surface area contributed by atoms with Gasteiger partial charge in [-0.05, 0) is 41.4 Å². The smallest absolute Gasteiger partial charge is 0.293 e. The van der Waals surface area contributed by atoms with Gasteiger partial charge in [0.05, 0.1) is 11.2 Å². The van der Waals surface area contributed by atoms with Gasteiger partial charge in [-0.25, -0.2) is 0 Å². The van der Waals surface area contributed by atoms with Gasteiger partial charge in [0.1, 0.15) is 0 Å². The molecule has 23 heavy (non-hydrogen) atoms. The highest BCUT2D eigenvalue weighted by Gasteiger charge is 2.34. The standard InChI is InChI=1S/C15H12N2O4S2/c18-13(11-4-1-7-21-11)16-5-6-17-14(19)12(23-15(17)20)9-10-3-2-8-22-10/h1-4,7-9H,5-6H2,(H,16,18)/b12-9-. The van der Waals surface area contributed by atoms with Crippen LogP contribution in [0, 0.1) is 0 Å². The molecule has 1 N–H and O–H groups in total. The van der Waals surface area contributed by atoms with Gasteiger partial charge in [0, 0.05) is 18.0 Å². The molecule has 1 aliphatic heterocycles. The lowest BCUT2D eigenvalue weighted by atomic mass is 10.3. The van der Waals surface area contributed by atoms with E-state index in [0.29, 0.717) is 4.91 Å². The third kappa shape index (κ3) is 3.54. The van der Waals surface area contributed by atoms with Crippen LogP contribution in [0.2, 0.25) is 0 Å². The molecule has 0 spiro atoms. The molecule has 1 aliphatic rings. The maximum atomic E-state index is 12.2. The maximum Gasteiger partial charge on any atom is 0.293 e. The van der Waals surface area contributed by atoms with Crippen LogP contribution in [0.4, 0.5) is 4.79 Å². The van der Waals surface area contributed by atoms with Crippen molar-refractivity contribution >= 4 is 46.2 Å². The van der Waals surface area contributed by atoms with E-state index in [2.05, 4.69) is 5.32 Å². The van der Waals surface area contributed by atoms with Gasteiger partial charge in [0.25, 0.3) is 17.1 Å². The minimum atomic E-state index is -0.379. The summed E-state index contributed by atoms with van der Waals surface area (Å²) >= 11 is 2.41. The van der Waals surface area contributed by atoms with Crippen molar-refractivity contribution in [2.45, 2.75) is 0 Å². The quantitative estimate of drug-likeness (QED) is 0.841. The molecule has 6 nitrogen and oxygen atoms in total. The highest BCUT2D eigenvalue weighted by atomic mass is 32.2. The maximum absolute atomic E-state index is 12.2. The molecule has 0 atom stereocenters. The zero-order chi connectivity index (χ0) is 16.2. The van der Waals surface area contributed by atoms with Gasteiger partial charge in [-0.2, -0.15) is 0 Å². The molecule has 3 rings (SSSR count). The van der Waals surface area contributed by atoms with Gasteiger partial charge in [-0.3, -0.25) is 19.3 Å². The summed E-state index contributed by atoms with van der Waals surface area (Å²) in [6.07, 6.45) is 3.11. The average molecular weight is 348 g/mol. The first-order chi connectivity index (χ1) is 11.1. The Bertz CT molecular complexity index is 751. The topological polar surface area (TPSA) is 79.6 Å². The fourth-order valence-corrected chi connectivity index (χ4v) is 3.56. The molecule has 118 valence electrons. The number of furan rings is 1. The van der Waals surface area contributed by atoms with E-state index in [1.165, 1.54) is 17.6 Å². The normalized spacial score (nSPS) is 16.3. The largest absolute Gasteiger partial charge is 0.459 e. The Hall–Kier alpha value is -2.32. The predicted molar refractivity (Wildman–Crippen MR) is 88.0 cm³/mol. The number of thiophene rings is 1. The van der Waals surface area contributed by atoms with E-state index in [1.807, 2.05) is 17.5 Å². The number of rotatable bonds is 5. The lowest BCUT2D eigenvalue weighted by Crippen LogP contribution is -2.37. The van der Waals surface area contributed by atoms with Crippen LogP contribution in [0.25, 0.3) is 6.08 Å². The van der Waals surface area contributed by atoms with Crippen molar-refractivity contribution in [1.29, 1.82) is 0 Å². The predicted octanol–water partition coefficient (Wildman–Crippen LogP) is 2.81. The molecule has 8 heteroatoms. The minimum Gasteiger partial charge on any atom is -0.459 e. The molecule has 0 saturated carbocycles. The molecule has 0 unspecified atom stereocenters. The van der Waals surface area contributed by atoms with Gasteiger partial charge in [-0.1, -0.05) is 6.07 Å². The van der Waals surface area contributed by atoms with Crippen molar-refractivity contribution in [2.75, 3.05) is 13.1 Å². The highest BCUT2D eigenvalue weighted by molar-refractivity contribution is 8.18.